The van der Waals surface area contributed by atoms with E-state index in [0.29, 0.717) is 12.0 Å². The highest BCUT2D eigenvalue weighted by molar-refractivity contribution is 7.80. The molecule has 116 valence electrons. The molecule has 7 heteroatoms. The van der Waals surface area contributed by atoms with Crippen LogP contribution in [0.2, 0.25) is 0 Å². The number of rotatable bonds is 5. The third-order valence-electron chi connectivity index (χ3n) is 3.49. The molecular weight excluding hydrogens is 301 g/mol. The molecule has 1 amide bonds. The normalized spacial score (nSPS) is 14.3. The Morgan fingerprint density at radius 1 is 1.29 bits per heavy atom. The van der Waals surface area contributed by atoms with Crippen LogP contribution in [0.5, 0.6) is 0 Å². The summed E-state index contributed by atoms with van der Waals surface area (Å²) < 4.78 is 37.3. The van der Waals surface area contributed by atoms with E-state index in [1.165, 1.54) is 12.1 Å². The average Bonchev–Trinajstić information content (AvgIpc) is 2.43. The number of hydrogen-bond donors (Lipinski definition) is 2. The summed E-state index contributed by atoms with van der Waals surface area (Å²) in [5.74, 6) is -0.336. The first-order chi connectivity index (χ1) is 9.61. The number of carbonyl (C=O) groups is 1. The Morgan fingerprint density at radius 3 is 2.19 bits per heavy atom. The molecule has 0 aliphatic heterocycles. The number of nitrogens with one attached hydrogen (secondary N) is 1. The average molecular weight is 318 g/mol. The summed E-state index contributed by atoms with van der Waals surface area (Å²) in [7, 11) is 0. The lowest BCUT2D eigenvalue weighted by molar-refractivity contribution is -0.137. The molecule has 1 atom stereocenters. The van der Waals surface area contributed by atoms with Crippen LogP contribution in [0.25, 0.3) is 0 Å². The van der Waals surface area contributed by atoms with E-state index in [-0.39, 0.29) is 17.4 Å². The minimum atomic E-state index is -4.37. The van der Waals surface area contributed by atoms with Gasteiger partial charge in [0.25, 0.3) is 0 Å². The second-order valence-electron chi connectivity index (χ2n) is 4.93. The highest BCUT2D eigenvalue weighted by atomic mass is 32.1. The Hall–Kier alpha value is -1.63. The molecule has 1 aromatic carbocycles. The molecule has 0 bridgehead atoms. The van der Waals surface area contributed by atoms with Crippen molar-refractivity contribution < 1.29 is 18.0 Å². The van der Waals surface area contributed by atoms with Gasteiger partial charge in [-0.1, -0.05) is 31.3 Å². The Labute approximate surface area is 126 Å². The summed E-state index contributed by atoms with van der Waals surface area (Å²) in [6.45, 7) is 3.55. The number of alkyl halides is 3. The van der Waals surface area contributed by atoms with Crippen molar-refractivity contribution in [3.8, 4) is 0 Å². The Kier molecular flexibility index (Phi) is 5.33. The molecule has 0 saturated heterocycles. The van der Waals surface area contributed by atoms with Gasteiger partial charge in [-0.25, -0.2) is 0 Å². The molecule has 3 N–H and O–H groups in total. The van der Waals surface area contributed by atoms with Crippen LogP contribution in [0.3, 0.4) is 0 Å². The number of thiocarbonyl (C=S) groups is 1. The number of halogens is 3. The maximum atomic E-state index is 12.4. The molecule has 0 aliphatic rings. The van der Waals surface area contributed by atoms with E-state index in [2.05, 4.69) is 5.32 Å². The lowest BCUT2D eigenvalue weighted by Gasteiger charge is -2.25. The summed E-state index contributed by atoms with van der Waals surface area (Å²) in [5, 5.41) is 2.64. The molecule has 0 spiro atoms. The second-order valence-corrected chi connectivity index (χ2v) is 5.37. The van der Waals surface area contributed by atoms with Gasteiger partial charge in [0.2, 0.25) is 5.91 Å². The SMILES string of the molecule is CCC(C)(C(=O)NCc1ccc(C(F)(F)F)cc1)C(N)=S. The van der Waals surface area contributed by atoms with Gasteiger partial charge in [-0.05, 0) is 31.0 Å². The molecule has 0 saturated carbocycles. The number of nitrogens with two attached hydrogens (primary N) is 1. The van der Waals surface area contributed by atoms with E-state index in [1.807, 2.05) is 0 Å². The first-order valence-electron chi connectivity index (χ1n) is 6.35. The van der Waals surface area contributed by atoms with E-state index in [9.17, 15) is 18.0 Å². The van der Waals surface area contributed by atoms with Crippen molar-refractivity contribution in [1.29, 1.82) is 0 Å². The van der Waals surface area contributed by atoms with Gasteiger partial charge in [0.05, 0.1) is 16.0 Å². The maximum absolute atomic E-state index is 12.4. The van der Waals surface area contributed by atoms with Crippen LogP contribution in [0.15, 0.2) is 24.3 Å². The summed E-state index contributed by atoms with van der Waals surface area (Å²) in [5.41, 5.74) is 4.45. The first kappa shape index (κ1) is 17.4. The third kappa shape index (κ3) is 4.17. The Bertz CT molecular complexity index is 528. The lowest BCUT2D eigenvalue weighted by atomic mass is 9.86. The molecule has 1 unspecified atom stereocenters. The van der Waals surface area contributed by atoms with E-state index >= 15 is 0 Å². The van der Waals surface area contributed by atoms with Gasteiger partial charge in [0.1, 0.15) is 0 Å². The van der Waals surface area contributed by atoms with Crippen LogP contribution in [0.4, 0.5) is 13.2 Å². The zero-order valence-electron chi connectivity index (χ0n) is 11.8. The fourth-order valence-electron chi connectivity index (χ4n) is 1.64. The van der Waals surface area contributed by atoms with Crippen molar-refractivity contribution >= 4 is 23.1 Å². The van der Waals surface area contributed by atoms with Crippen molar-refractivity contribution in [3.63, 3.8) is 0 Å². The quantitative estimate of drug-likeness (QED) is 0.821. The van der Waals surface area contributed by atoms with E-state index in [4.69, 9.17) is 18.0 Å². The van der Waals surface area contributed by atoms with Gasteiger partial charge in [-0.15, -0.1) is 0 Å². The molecule has 0 fully saturated rings. The van der Waals surface area contributed by atoms with Gasteiger partial charge in [-0.2, -0.15) is 13.2 Å². The van der Waals surface area contributed by atoms with E-state index < -0.39 is 17.2 Å². The van der Waals surface area contributed by atoms with Crippen LogP contribution in [-0.4, -0.2) is 10.9 Å². The fraction of sp³-hybridized carbons (Fsp3) is 0.429. The number of amides is 1. The van der Waals surface area contributed by atoms with Gasteiger partial charge < -0.3 is 11.1 Å². The lowest BCUT2D eigenvalue weighted by Crippen LogP contribution is -2.46. The zero-order chi connectivity index (χ0) is 16.3. The van der Waals surface area contributed by atoms with Crippen molar-refractivity contribution in [1.82, 2.24) is 5.32 Å². The molecule has 1 aromatic rings. The van der Waals surface area contributed by atoms with Crippen molar-refractivity contribution in [2.45, 2.75) is 33.0 Å². The minimum absolute atomic E-state index is 0.0925. The minimum Gasteiger partial charge on any atom is -0.392 e. The van der Waals surface area contributed by atoms with Gasteiger partial charge in [-0.3, -0.25) is 4.79 Å². The Morgan fingerprint density at radius 2 is 1.81 bits per heavy atom. The van der Waals surface area contributed by atoms with Crippen molar-refractivity contribution in [2.24, 2.45) is 11.1 Å². The van der Waals surface area contributed by atoms with Crippen molar-refractivity contribution in [3.05, 3.63) is 35.4 Å². The van der Waals surface area contributed by atoms with Crippen LogP contribution < -0.4 is 11.1 Å². The predicted octanol–water partition coefficient (Wildman–Crippen LogP) is 3.02. The first-order valence-corrected chi connectivity index (χ1v) is 6.76. The Balaban J connectivity index is 2.72. The highest BCUT2D eigenvalue weighted by Crippen LogP contribution is 2.29. The standard InChI is InChI=1S/C14H17F3N2OS/c1-3-13(2,11(18)21)12(20)19-8-9-4-6-10(7-5-9)14(15,16)17/h4-7H,3,8H2,1-2H3,(H2,18,21)(H,19,20). The number of carbonyl (C=O) groups excluding carboxylic acids is 1. The molecule has 21 heavy (non-hydrogen) atoms. The zero-order valence-corrected chi connectivity index (χ0v) is 12.6. The van der Waals surface area contributed by atoms with Gasteiger partial charge in [0, 0.05) is 6.54 Å². The van der Waals surface area contributed by atoms with Crippen LogP contribution >= 0.6 is 12.2 Å². The van der Waals surface area contributed by atoms with Crippen LogP contribution in [0.1, 0.15) is 31.4 Å². The van der Waals surface area contributed by atoms with E-state index in [1.54, 1.807) is 13.8 Å². The molecule has 0 aliphatic carbocycles. The number of benzene rings is 1. The molecular formula is C14H17F3N2OS. The number of hydrogen-bond acceptors (Lipinski definition) is 2. The van der Waals surface area contributed by atoms with E-state index in [0.717, 1.165) is 12.1 Å². The predicted molar refractivity (Wildman–Crippen MR) is 78.5 cm³/mol. The summed E-state index contributed by atoms with van der Waals surface area (Å²) >= 11 is 4.89. The topological polar surface area (TPSA) is 55.1 Å². The summed E-state index contributed by atoms with van der Waals surface area (Å²) in [6, 6.07) is 4.61. The monoisotopic (exact) mass is 318 g/mol. The smallest absolute Gasteiger partial charge is 0.392 e. The summed E-state index contributed by atoms with van der Waals surface area (Å²) in [4.78, 5) is 12.2. The fourth-order valence-corrected chi connectivity index (χ4v) is 1.87. The molecule has 0 radical (unpaired) electrons. The maximum Gasteiger partial charge on any atom is 0.416 e. The second kappa shape index (κ2) is 6.43. The van der Waals surface area contributed by atoms with Gasteiger partial charge in [0.15, 0.2) is 0 Å². The van der Waals surface area contributed by atoms with Gasteiger partial charge >= 0.3 is 6.18 Å². The third-order valence-corrected chi connectivity index (χ3v) is 3.94. The highest BCUT2D eigenvalue weighted by Gasteiger charge is 2.34. The molecule has 3 nitrogen and oxygen atoms in total. The molecule has 0 aromatic heterocycles. The van der Waals surface area contributed by atoms with Crippen LogP contribution in [0, 0.1) is 5.41 Å². The largest absolute Gasteiger partial charge is 0.416 e. The molecule has 1 rings (SSSR count). The summed E-state index contributed by atoms with van der Waals surface area (Å²) in [6.07, 6.45) is -3.92. The van der Waals surface area contributed by atoms with Crippen molar-refractivity contribution in [2.75, 3.05) is 0 Å². The molecule has 0 heterocycles. The van der Waals surface area contributed by atoms with Crippen LogP contribution in [-0.2, 0) is 17.5 Å².